The molecule has 0 spiro atoms. The molecule has 31 heavy (non-hydrogen) atoms. The molecule has 0 atom stereocenters. The van der Waals surface area contributed by atoms with Gasteiger partial charge in [-0.05, 0) is 49.9 Å². The standard InChI is InChI=1S/C25H27NO4S/c1-5-18-8-10-19(11-9-18)20-15-31-24(23(20)25(28)29-6-2)26-22(27)14-30-21-12-7-16(3)13-17(21)4/h7-13,15H,5-6,14H2,1-4H3,(H,26,27). The topological polar surface area (TPSA) is 64.6 Å². The Hall–Kier alpha value is -3.12. The maximum atomic E-state index is 12.7. The second-order valence-electron chi connectivity index (χ2n) is 7.23. The van der Waals surface area contributed by atoms with Crippen molar-refractivity contribution in [3.8, 4) is 16.9 Å². The van der Waals surface area contributed by atoms with Crippen molar-refractivity contribution in [2.75, 3.05) is 18.5 Å². The Morgan fingerprint density at radius 1 is 1.03 bits per heavy atom. The molecule has 0 aliphatic carbocycles. The molecular weight excluding hydrogens is 410 g/mol. The lowest BCUT2D eigenvalue weighted by atomic mass is 10.0. The van der Waals surface area contributed by atoms with E-state index in [1.165, 1.54) is 16.9 Å². The minimum Gasteiger partial charge on any atom is -0.483 e. The number of esters is 1. The van der Waals surface area contributed by atoms with Crippen molar-refractivity contribution >= 4 is 28.2 Å². The summed E-state index contributed by atoms with van der Waals surface area (Å²) in [5.41, 5.74) is 5.34. The zero-order valence-electron chi connectivity index (χ0n) is 18.3. The van der Waals surface area contributed by atoms with Crippen LogP contribution >= 0.6 is 11.3 Å². The number of nitrogens with one attached hydrogen (secondary N) is 1. The first kappa shape index (κ1) is 22.6. The molecule has 0 saturated carbocycles. The third kappa shape index (κ3) is 5.52. The van der Waals surface area contributed by atoms with Crippen molar-refractivity contribution in [1.29, 1.82) is 0 Å². The Balaban J connectivity index is 1.80. The Morgan fingerprint density at radius 2 is 1.77 bits per heavy atom. The third-order valence-electron chi connectivity index (χ3n) is 4.89. The molecule has 6 heteroatoms. The van der Waals surface area contributed by atoms with Crippen molar-refractivity contribution in [3.63, 3.8) is 0 Å². The van der Waals surface area contributed by atoms with Crippen LogP contribution in [0, 0.1) is 13.8 Å². The molecule has 2 aromatic carbocycles. The van der Waals surface area contributed by atoms with E-state index in [-0.39, 0.29) is 19.1 Å². The number of anilines is 1. The molecule has 1 N–H and O–H groups in total. The molecule has 0 aliphatic rings. The number of carbonyl (C=O) groups is 2. The quantitative estimate of drug-likeness (QED) is 0.453. The summed E-state index contributed by atoms with van der Waals surface area (Å²) in [5, 5.41) is 5.15. The Kier molecular flexibility index (Phi) is 7.47. The number of aryl methyl sites for hydroxylation is 3. The van der Waals surface area contributed by atoms with Gasteiger partial charge >= 0.3 is 5.97 Å². The van der Waals surface area contributed by atoms with Gasteiger partial charge < -0.3 is 14.8 Å². The number of hydrogen-bond donors (Lipinski definition) is 1. The van der Waals surface area contributed by atoms with Crippen LogP contribution in [0.2, 0.25) is 0 Å². The van der Waals surface area contributed by atoms with Crippen molar-refractivity contribution in [1.82, 2.24) is 0 Å². The molecule has 0 aliphatic heterocycles. The van der Waals surface area contributed by atoms with Crippen LogP contribution in [0.4, 0.5) is 5.00 Å². The smallest absolute Gasteiger partial charge is 0.341 e. The largest absolute Gasteiger partial charge is 0.483 e. The lowest BCUT2D eigenvalue weighted by molar-refractivity contribution is -0.118. The highest BCUT2D eigenvalue weighted by Crippen LogP contribution is 2.36. The summed E-state index contributed by atoms with van der Waals surface area (Å²) in [6.45, 7) is 7.91. The van der Waals surface area contributed by atoms with Crippen LogP contribution in [-0.4, -0.2) is 25.1 Å². The lowest BCUT2D eigenvalue weighted by Crippen LogP contribution is -2.21. The summed E-state index contributed by atoms with van der Waals surface area (Å²) in [6.07, 6.45) is 0.941. The summed E-state index contributed by atoms with van der Waals surface area (Å²) >= 11 is 1.30. The fraction of sp³-hybridized carbons (Fsp3) is 0.280. The predicted octanol–water partition coefficient (Wildman–Crippen LogP) is 5.79. The summed E-state index contributed by atoms with van der Waals surface area (Å²) < 4.78 is 10.9. The van der Waals surface area contributed by atoms with Gasteiger partial charge in [-0.2, -0.15) is 0 Å². The van der Waals surface area contributed by atoms with Gasteiger partial charge in [-0.25, -0.2) is 4.79 Å². The molecule has 1 heterocycles. The number of benzene rings is 2. The van der Waals surface area contributed by atoms with Gasteiger partial charge in [0.25, 0.3) is 5.91 Å². The summed E-state index contributed by atoms with van der Waals surface area (Å²) in [4.78, 5) is 25.2. The van der Waals surface area contributed by atoms with Crippen LogP contribution < -0.4 is 10.1 Å². The van der Waals surface area contributed by atoms with Crippen LogP contribution in [0.15, 0.2) is 47.8 Å². The normalized spacial score (nSPS) is 10.6. The Bertz CT molecular complexity index is 1070. The van der Waals surface area contributed by atoms with E-state index in [1.807, 2.05) is 61.7 Å². The molecule has 1 amide bonds. The van der Waals surface area contributed by atoms with Crippen LogP contribution in [0.1, 0.15) is 40.9 Å². The highest BCUT2D eigenvalue weighted by atomic mass is 32.1. The zero-order valence-corrected chi connectivity index (χ0v) is 19.1. The first-order chi connectivity index (χ1) is 14.9. The van der Waals surface area contributed by atoms with Crippen molar-refractivity contribution in [2.45, 2.75) is 34.1 Å². The second-order valence-corrected chi connectivity index (χ2v) is 8.11. The van der Waals surface area contributed by atoms with E-state index in [2.05, 4.69) is 12.2 Å². The molecule has 1 aromatic heterocycles. The van der Waals surface area contributed by atoms with Crippen LogP contribution in [0.5, 0.6) is 5.75 Å². The van der Waals surface area contributed by atoms with Gasteiger partial charge in [0, 0.05) is 10.9 Å². The average molecular weight is 438 g/mol. The molecule has 0 radical (unpaired) electrons. The van der Waals surface area contributed by atoms with E-state index in [0.717, 1.165) is 28.7 Å². The van der Waals surface area contributed by atoms with E-state index in [4.69, 9.17) is 9.47 Å². The summed E-state index contributed by atoms with van der Waals surface area (Å²) in [7, 11) is 0. The second kappa shape index (κ2) is 10.3. The van der Waals surface area contributed by atoms with Gasteiger partial charge in [-0.15, -0.1) is 11.3 Å². The predicted molar refractivity (Wildman–Crippen MR) is 125 cm³/mol. The summed E-state index contributed by atoms with van der Waals surface area (Å²) in [5.74, 6) is -0.126. The molecule has 0 fully saturated rings. The third-order valence-corrected chi connectivity index (χ3v) is 5.78. The fourth-order valence-corrected chi connectivity index (χ4v) is 4.23. The monoisotopic (exact) mass is 437 g/mol. The fourth-order valence-electron chi connectivity index (χ4n) is 3.26. The van der Waals surface area contributed by atoms with E-state index in [9.17, 15) is 9.59 Å². The molecule has 0 saturated heterocycles. The van der Waals surface area contributed by atoms with Crippen molar-refractivity contribution in [2.24, 2.45) is 0 Å². The molecule has 3 aromatic rings. The number of thiophene rings is 1. The number of amides is 1. The maximum Gasteiger partial charge on any atom is 0.341 e. The SMILES string of the molecule is CCOC(=O)c1c(-c2ccc(CC)cc2)csc1NC(=O)COc1ccc(C)cc1C. The van der Waals surface area contributed by atoms with E-state index < -0.39 is 5.97 Å². The van der Waals surface area contributed by atoms with Crippen LogP contribution in [0.25, 0.3) is 11.1 Å². The lowest BCUT2D eigenvalue weighted by Gasteiger charge is -2.11. The van der Waals surface area contributed by atoms with Crippen LogP contribution in [0.3, 0.4) is 0 Å². The first-order valence-electron chi connectivity index (χ1n) is 10.3. The average Bonchev–Trinajstić information content (AvgIpc) is 3.17. The van der Waals surface area contributed by atoms with Gasteiger partial charge in [0.1, 0.15) is 16.3 Å². The van der Waals surface area contributed by atoms with Gasteiger partial charge in [-0.1, -0.05) is 48.9 Å². The number of rotatable bonds is 8. The van der Waals surface area contributed by atoms with E-state index in [1.54, 1.807) is 6.92 Å². The van der Waals surface area contributed by atoms with Crippen molar-refractivity contribution in [3.05, 3.63) is 70.1 Å². The molecule has 3 rings (SSSR count). The minimum atomic E-state index is -0.455. The van der Waals surface area contributed by atoms with E-state index in [0.29, 0.717) is 16.3 Å². The first-order valence-corrected chi connectivity index (χ1v) is 11.2. The highest BCUT2D eigenvalue weighted by Gasteiger charge is 2.23. The maximum absolute atomic E-state index is 12.7. The van der Waals surface area contributed by atoms with Gasteiger partial charge in [0.15, 0.2) is 6.61 Å². The molecule has 162 valence electrons. The van der Waals surface area contributed by atoms with Gasteiger partial charge in [0.05, 0.1) is 6.61 Å². The summed E-state index contributed by atoms with van der Waals surface area (Å²) in [6, 6.07) is 13.8. The molecule has 0 unspecified atom stereocenters. The van der Waals surface area contributed by atoms with Gasteiger partial charge in [0.2, 0.25) is 0 Å². The van der Waals surface area contributed by atoms with Crippen molar-refractivity contribution < 1.29 is 19.1 Å². The highest BCUT2D eigenvalue weighted by molar-refractivity contribution is 7.15. The molecular formula is C25H27NO4S. The number of hydrogen-bond acceptors (Lipinski definition) is 5. The van der Waals surface area contributed by atoms with E-state index >= 15 is 0 Å². The van der Waals surface area contributed by atoms with Gasteiger partial charge in [-0.3, -0.25) is 4.79 Å². The molecule has 0 bridgehead atoms. The Labute approximate surface area is 187 Å². The number of carbonyl (C=O) groups excluding carboxylic acids is 2. The Morgan fingerprint density at radius 3 is 2.42 bits per heavy atom. The van der Waals surface area contributed by atoms with Crippen LogP contribution in [-0.2, 0) is 16.0 Å². The minimum absolute atomic E-state index is 0.148. The zero-order chi connectivity index (χ0) is 22.4. The number of ether oxygens (including phenoxy) is 2. The molecule has 5 nitrogen and oxygen atoms in total.